The van der Waals surface area contributed by atoms with Crippen molar-refractivity contribution in [2.24, 2.45) is 0 Å². The van der Waals surface area contributed by atoms with Crippen LogP contribution >= 0.6 is 11.6 Å². The first kappa shape index (κ1) is 23.7. The Kier molecular flexibility index (Phi) is 7.77. The van der Waals surface area contributed by atoms with Crippen molar-refractivity contribution in [2.75, 3.05) is 43.6 Å². The molecule has 0 saturated carbocycles. The number of hydrogen-bond acceptors (Lipinski definition) is 6. The Bertz CT molecular complexity index is 1150. The fourth-order valence-electron chi connectivity index (χ4n) is 3.81. The normalized spacial score (nSPS) is 13.4. The van der Waals surface area contributed by atoms with Gasteiger partial charge in [0.25, 0.3) is 0 Å². The maximum Gasteiger partial charge on any atom is 0.337 e. The number of halogens is 1. The summed E-state index contributed by atoms with van der Waals surface area (Å²) >= 11 is 6.21. The van der Waals surface area contributed by atoms with Gasteiger partial charge in [-0.15, -0.1) is 0 Å². The number of ether oxygens (including phenoxy) is 3. The zero-order valence-corrected chi connectivity index (χ0v) is 19.7. The lowest BCUT2D eigenvalue weighted by Gasteiger charge is -2.30. The van der Waals surface area contributed by atoms with E-state index in [0.29, 0.717) is 61.7 Å². The molecular formula is C26H27ClN2O5. The average Bonchev–Trinajstić information content (AvgIpc) is 2.87. The third-order valence-corrected chi connectivity index (χ3v) is 6.01. The van der Waals surface area contributed by atoms with Crippen LogP contribution in [0.25, 0.3) is 0 Å². The van der Waals surface area contributed by atoms with Crippen LogP contribution < -0.4 is 19.7 Å². The standard InChI is InChI=1S/C26H27ClN2O5/c1-32-25-14-18(6-9-24(25)34-17-19-4-2-3-5-22(19)27)16-28-20-7-8-23(21(15-20)26(30)31)29-10-12-33-13-11-29/h2-9,14-15,28H,10-13,16-17H2,1H3,(H,30,31). The average molecular weight is 483 g/mol. The number of carbonyl (C=O) groups is 1. The quantitative estimate of drug-likeness (QED) is 0.440. The molecular weight excluding hydrogens is 456 g/mol. The smallest absolute Gasteiger partial charge is 0.337 e. The van der Waals surface area contributed by atoms with Gasteiger partial charge in [0.05, 0.1) is 31.6 Å². The molecule has 1 heterocycles. The number of carboxylic acid groups (broad SMARTS) is 1. The summed E-state index contributed by atoms with van der Waals surface area (Å²) in [5.74, 6) is 0.279. The van der Waals surface area contributed by atoms with Gasteiger partial charge in [0.1, 0.15) is 6.61 Å². The van der Waals surface area contributed by atoms with Crippen LogP contribution in [0.4, 0.5) is 11.4 Å². The number of methoxy groups -OCH3 is 1. The van der Waals surface area contributed by atoms with Crippen LogP contribution in [-0.2, 0) is 17.9 Å². The molecule has 4 rings (SSSR count). The number of anilines is 2. The summed E-state index contributed by atoms with van der Waals surface area (Å²) in [5, 5.41) is 13.7. The maximum atomic E-state index is 11.9. The number of morpholine rings is 1. The van der Waals surface area contributed by atoms with Crippen molar-refractivity contribution in [3.63, 3.8) is 0 Å². The monoisotopic (exact) mass is 482 g/mol. The van der Waals surface area contributed by atoms with Crippen molar-refractivity contribution in [2.45, 2.75) is 13.2 Å². The summed E-state index contributed by atoms with van der Waals surface area (Å²) in [6, 6.07) is 18.7. The number of carboxylic acids is 1. The van der Waals surface area contributed by atoms with Crippen LogP contribution in [0.1, 0.15) is 21.5 Å². The topological polar surface area (TPSA) is 80.3 Å². The van der Waals surface area contributed by atoms with Crippen molar-refractivity contribution >= 4 is 28.9 Å². The van der Waals surface area contributed by atoms with E-state index in [4.69, 9.17) is 25.8 Å². The van der Waals surface area contributed by atoms with Gasteiger partial charge >= 0.3 is 5.97 Å². The van der Waals surface area contributed by atoms with Gasteiger partial charge in [-0.3, -0.25) is 0 Å². The zero-order valence-electron chi connectivity index (χ0n) is 18.9. The van der Waals surface area contributed by atoms with Crippen LogP contribution in [0, 0.1) is 0 Å². The molecule has 0 bridgehead atoms. The highest BCUT2D eigenvalue weighted by atomic mass is 35.5. The van der Waals surface area contributed by atoms with E-state index >= 15 is 0 Å². The van der Waals surface area contributed by atoms with Gasteiger partial charge in [0, 0.05) is 35.9 Å². The number of hydrogen-bond donors (Lipinski definition) is 2. The molecule has 0 radical (unpaired) electrons. The number of benzene rings is 3. The van der Waals surface area contributed by atoms with E-state index in [1.165, 1.54) is 0 Å². The summed E-state index contributed by atoms with van der Waals surface area (Å²) in [4.78, 5) is 13.9. The summed E-state index contributed by atoms with van der Waals surface area (Å²) < 4.78 is 16.8. The largest absolute Gasteiger partial charge is 0.493 e. The highest BCUT2D eigenvalue weighted by Crippen LogP contribution is 2.30. The summed E-state index contributed by atoms with van der Waals surface area (Å²) in [6.45, 7) is 3.38. The molecule has 0 aliphatic carbocycles. The Labute approximate surface area is 203 Å². The summed E-state index contributed by atoms with van der Waals surface area (Å²) in [6.07, 6.45) is 0. The molecule has 0 amide bonds. The van der Waals surface area contributed by atoms with Crippen molar-refractivity contribution in [3.8, 4) is 11.5 Å². The Morgan fingerprint density at radius 2 is 1.88 bits per heavy atom. The molecule has 7 nitrogen and oxygen atoms in total. The van der Waals surface area contributed by atoms with Gasteiger partial charge in [-0.1, -0.05) is 35.9 Å². The number of aromatic carboxylic acids is 1. The Balaban J connectivity index is 1.43. The summed E-state index contributed by atoms with van der Waals surface area (Å²) in [5.41, 5.74) is 3.58. The first-order chi connectivity index (χ1) is 16.5. The van der Waals surface area contributed by atoms with Gasteiger partial charge in [0.2, 0.25) is 0 Å². The van der Waals surface area contributed by atoms with Gasteiger partial charge in [0.15, 0.2) is 11.5 Å². The third kappa shape index (κ3) is 5.73. The van der Waals surface area contributed by atoms with Crippen molar-refractivity contribution in [1.82, 2.24) is 0 Å². The number of rotatable bonds is 9. The number of nitrogens with zero attached hydrogens (tertiary/aromatic N) is 1. The van der Waals surface area contributed by atoms with Crippen molar-refractivity contribution in [1.29, 1.82) is 0 Å². The second kappa shape index (κ2) is 11.1. The van der Waals surface area contributed by atoms with Crippen molar-refractivity contribution < 1.29 is 24.1 Å². The number of nitrogens with one attached hydrogen (secondary N) is 1. The lowest BCUT2D eigenvalue weighted by atomic mass is 10.1. The van der Waals surface area contributed by atoms with E-state index in [1.54, 1.807) is 13.2 Å². The highest BCUT2D eigenvalue weighted by Gasteiger charge is 2.19. The Morgan fingerprint density at radius 1 is 1.09 bits per heavy atom. The third-order valence-electron chi connectivity index (χ3n) is 5.64. The van der Waals surface area contributed by atoms with Crippen LogP contribution in [0.3, 0.4) is 0 Å². The van der Waals surface area contributed by atoms with Crippen molar-refractivity contribution in [3.05, 3.63) is 82.4 Å². The molecule has 0 atom stereocenters. The molecule has 34 heavy (non-hydrogen) atoms. The first-order valence-electron chi connectivity index (χ1n) is 11.0. The predicted octanol–water partition coefficient (Wildman–Crippen LogP) is 5.07. The van der Waals surface area contributed by atoms with E-state index < -0.39 is 5.97 Å². The van der Waals surface area contributed by atoms with E-state index in [-0.39, 0.29) is 5.56 Å². The van der Waals surface area contributed by atoms with Crippen LogP contribution in [0.2, 0.25) is 5.02 Å². The molecule has 1 saturated heterocycles. The van der Waals surface area contributed by atoms with Gasteiger partial charge < -0.3 is 29.5 Å². The SMILES string of the molecule is COc1cc(CNc2ccc(N3CCOCC3)c(C(=O)O)c2)ccc1OCc1ccccc1Cl. The molecule has 178 valence electrons. The maximum absolute atomic E-state index is 11.9. The molecule has 2 N–H and O–H groups in total. The summed E-state index contributed by atoms with van der Waals surface area (Å²) in [7, 11) is 1.60. The van der Waals surface area contributed by atoms with Gasteiger partial charge in [-0.2, -0.15) is 0 Å². The van der Waals surface area contributed by atoms with E-state index in [9.17, 15) is 9.90 Å². The minimum Gasteiger partial charge on any atom is -0.493 e. The molecule has 0 aromatic heterocycles. The fourth-order valence-corrected chi connectivity index (χ4v) is 4.00. The van der Waals surface area contributed by atoms with E-state index in [2.05, 4.69) is 5.32 Å². The fraction of sp³-hybridized carbons (Fsp3) is 0.269. The van der Waals surface area contributed by atoms with Crippen LogP contribution in [0.5, 0.6) is 11.5 Å². The molecule has 1 fully saturated rings. The van der Waals surface area contributed by atoms with Crippen LogP contribution in [-0.4, -0.2) is 44.5 Å². The Hall–Kier alpha value is -3.42. The minimum absolute atomic E-state index is 0.271. The first-order valence-corrected chi connectivity index (χ1v) is 11.4. The van der Waals surface area contributed by atoms with Gasteiger partial charge in [-0.25, -0.2) is 4.79 Å². The zero-order chi connectivity index (χ0) is 23.9. The molecule has 0 unspecified atom stereocenters. The van der Waals surface area contributed by atoms with Gasteiger partial charge in [-0.05, 0) is 42.0 Å². The molecule has 1 aliphatic rings. The highest BCUT2D eigenvalue weighted by molar-refractivity contribution is 6.31. The predicted molar refractivity (Wildman–Crippen MR) is 133 cm³/mol. The molecule has 3 aromatic carbocycles. The molecule has 0 spiro atoms. The van der Waals surface area contributed by atoms with E-state index in [0.717, 1.165) is 16.8 Å². The molecule has 1 aliphatic heterocycles. The second-order valence-corrected chi connectivity index (χ2v) is 8.26. The van der Waals surface area contributed by atoms with E-state index in [1.807, 2.05) is 59.5 Å². The molecule has 8 heteroatoms. The van der Waals surface area contributed by atoms with Crippen LogP contribution in [0.15, 0.2) is 60.7 Å². The lowest BCUT2D eigenvalue weighted by molar-refractivity contribution is 0.0696. The minimum atomic E-state index is -0.952. The Morgan fingerprint density at radius 3 is 2.62 bits per heavy atom. The lowest BCUT2D eigenvalue weighted by Crippen LogP contribution is -2.37. The second-order valence-electron chi connectivity index (χ2n) is 7.86. The molecule has 3 aromatic rings.